The first-order valence-corrected chi connectivity index (χ1v) is 5.08. The third-order valence-corrected chi connectivity index (χ3v) is 2.66. The highest BCUT2D eigenvalue weighted by Crippen LogP contribution is 2.25. The van der Waals surface area contributed by atoms with Crippen LogP contribution in [0.5, 0.6) is 0 Å². The molecule has 2 nitrogen and oxygen atoms in total. The summed E-state index contributed by atoms with van der Waals surface area (Å²) >= 11 is 1.29. The summed E-state index contributed by atoms with van der Waals surface area (Å²) in [6, 6.07) is 0. The Kier molecular flexibility index (Phi) is 3.35. The number of allylic oxidation sites excluding steroid dienone is 1. The van der Waals surface area contributed by atoms with Crippen LogP contribution >= 0.6 is 11.8 Å². The maximum atomic E-state index is 11.4. The molecule has 1 rings (SSSR count). The minimum atomic E-state index is -0.510. The summed E-state index contributed by atoms with van der Waals surface area (Å²) in [6.45, 7) is 3.95. The van der Waals surface area contributed by atoms with E-state index in [9.17, 15) is 9.90 Å². The smallest absolute Gasteiger partial charge is 0.217 e. The maximum Gasteiger partial charge on any atom is 0.217 e. The molecule has 0 saturated carbocycles. The van der Waals surface area contributed by atoms with Gasteiger partial charge < -0.3 is 5.11 Å². The predicted octanol–water partition coefficient (Wildman–Crippen LogP) is 1.74. The quantitative estimate of drug-likeness (QED) is 0.713. The number of thioether (sulfide) groups is 1. The third-order valence-electron chi connectivity index (χ3n) is 1.74. The number of carbonyl (C=O) groups excluding carboxylic acids is 1. The van der Waals surface area contributed by atoms with Gasteiger partial charge in [0.1, 0.15) is 0 Å². The average Bonchev–Trinajstić information content (AvgIpc) is 2.33. The van der Waals surface area contributed by atoms with Gasteiger partial charge in [-0.3, -0.25) is 4.79 Å². The number of hydrogen-bond donors (Lipinski definition) is 1. The number of aliphatic hydroxyl groups excluding tert-OH is 1. The van der Waals surface area contributed by atoms with Crippen LogP contribution in [0.25, 0.3) is 0 Å². The van der Waals surface area contributed by atoms with E-state index in [1.807, 2.05) is 19.9 Å². The molecule has 12 heavy (non-hydrogen) atoms. The van der Waals surface area contributed by atoms with Gasteiger partial charge in [0, 0.05) is 10.8 Å². The molecule has 0 fully saturated rings. The molecule has 0 aliphatic heterocycles. The molecule has 1 N–H and O–H groups in total. The van der Waals surface area contributed by atoms with Crippen LogP contribution in [0.4, 0.5) is 0 Å². The number of hydrogen-bond acceptors (Lipinski definition) is 3. The van der Waals surface area contributed by atoms with Crippen LogP contribution in [-0.4, -0.2) is 21.6 Å². The lowest BCUT2D eigenvalue weighted by atomic mass is 10.2. The second-order valence-electron chi connectivity index (χ2n) is 3.21. The number of rotatable bonds is 2. The van der Waals surface area contributed by atoms with E-state index in [4.69, 9.17) is 0 Å². The van der Waals surface area contributed by atoms with Gasteiger partial charge in [-0.15, -0.1) is 0 Å². The molecule has 68 valence electrons. The van der Waals surface area contributed by atoms with Gasteiger partial charge in [-0.2, -0.15) is 0 Å². The maximum absolute atomic E-state index is 11.4. The fraction of sp³-hybridized carbons (Fsp3) is 0.667. The highest BCUT2D eigenvalue weighted by atomic mass is 32.2. The zero-order valence-corrected chi connectivity index (χ0v) is 8.23. The van der Waals surface area contributed by atoms with Crippen molar-refractivity contribution in [2.75, 3.05) is 0 Å². The van der Waals surface area contributed by atoms with Crippen LogP contribution in [0.3, 0.4) is 0 Å². The highest BCUT2D eigenvalue weighted by Gasteiger charge is 2.23. The molecule has 0 radical (unpaired) electrons. The topological polar surface area (TPSA) is 37.3 Å². The molecule has 1 aliphatic rings. The zero-order valence-electron chi connectivity index (χ0n) is 7.41. The molecule has 1 atom stereocenters. The van der Waals surface area contributed by atoms with Crippen LogP contribution in [0.2, 0.25) is 0 Å². The molecule has 0 aromatic heterocycles. The Morgan fingerprint density at radius 2 is 2.42 bits per heavy atom. The van der Waals surface area contributed by atoms with E-state index in [2.05, 4.69) is 0 Å². The summed E-state index contributed by atoms with van der Waals surface area (Å²) in [5.41, 5.74) is 0.605. The Bertz CT molecular complexity index is 209. The summed E-state index contributed by atoms with van der Waals surface area (Å²) in [5, 5.41) is 9.70. The first-order chi connectivity index (χ1) is 5.61. The van der Waals surface area contributed by atoms with E-state index in [1.54, 1.807) is 0 Å². The predicted molar refractivity (Wildman–Crippen MR) is 51.1 cm³/mol. The van der Waals surface area contributed by atoms with E-state index in [0.29, 0.717) is 17.2 Å². The van der Waals surface area contributed by atoms with E-state index in [1.165, 1.54) is 11.8 Å². The third kappa shape index (κ3) is 2.35. The van der Waals surface area contributed by atoms with Crippen molar-refractivity contribution in [3.05, 3.63) is 11.6 Å². The highest BCUT2D eigenvalue weighted by molar-refractivity contribution is 8.14. The fourth-order valence-corrected chi connectivity index (χ4v) is 1.97. The van der Waals surface area contributed by atoms with Crippen LogP contribution in [0.1, 0.15) is 26.7 Å². The van der Waals surface area contributed by atoms with Crippen molar-refractivity contribution in [1.29, 1.82) is 0 Å². The van der Waals surface area contributed by atoms with E-state index >= 15 is 0 Å². The Balaban J connectivity index is 2.52. The van der Waals surface area contributed by atoms with Crippen molar-refractivity contribution in [3.63, 3.8) is 0 Å². The van der Waals surface area contributed by atoms with Gasteiger partial charge in [-0.1, -0.05) is 31.7 Å². The Morgan fingerprint density at radius 1 is 1.75 bits per heavy atom. The molecular weight excluding hydrogens is 172 g/mol. The Labute approximate surface area is 77.0 Å². The average molecular weight is 186 g/mol. The monoisotopic (exact) mass is 186 g/mol. The standard InChI is InChI=1S/C9H14O2S/c1-6(2)12-9(11)7-4-3-5-8(7)10/h4,6,8,10H,3,5H2,1-2H3/t8-/m0/s1. The summed E-state index contributed by atoms with van der Waals surface area (Å²) in [5.74, 6) is 0. The summed E-state index contributed by atoms with van der Waals surface area (Å²) < 4.78 is 0. The van der Waals surface area contributed by atoms with Gasteiger partial charge >= 0.3 is 0 Å². The van der Waals surface area contributed by atoms with Crippen molar-refractivity contribution in [3.8, 4) is 0 Å². The Morgan fingerprint density at radius 3 is 2.83 bits per heavy atom. The van der Waals surface area contributed by atoms with Crippen LogP contribution < -0.4 is 0 Å². The van der Waals surface area contributed by atoms with Gasteiger partial charge in [-0.05, 0) is 12.8 Å². The summed E-state index contributed by atoms with van der Waals surface area (Å²) in [7, 11) is 0. The zero-order chi connectivity index (χ0) is 9.14. The lowest BCUT2D eigenvalue weighted by Crippen LogP contribution is -2.12. The number of carbonyl (C=O) groups is 1. The van der Waals surface area contributed by atoms with E-state index in [-0.39, 0.29) is 5.12 Å². The number of aliphatic hydroxyl groups is 1. The largest absolute Gasteiger partial charge is 0.388 e. The molecule has 0 aromatic rings. The molecule has 0 saturated heterocycles. The van der Waals surface area contributed by atoms with Crippen molar-refractivity contribution in [2.45, 2.75) is 38.0 Å². The summed E-state index contributed by atoms with van der Waals surface area (Å²) in [4.78, 5) is 11.4. The molecular formula is C9H14O2S. The van der Waals surface area contributed by atoms with Gasteiger partial charge in [0.15, 0.2) is 0 Å². The minimum absolute atomic E-state index is 0.0370. The van der Waals surface area contributed by atoms with Crippen LogP contribution in [0, 0.1) is 0 Å². The lowest BCUT2D eigenvalue weighted by molar-refractivity contribution is -0.108. The molecule has 0 heterocycles. The van der Waals surface area contributed by atoms with Gasteiger partial charge in [0.05, 0.1) is 6.10 Å². The molecule has 0 spiro atoms. The lowest BCUT2D eigenvalue weighted by Gasteiger charge is -2.07. The normalized spacial score (nSPS) is 23.0. The van der Waals surface area contributed by atoms with Crippen LogP contribution in [0.15, 0.2) is 11.6 Å². The molecule has 0 bridgehead atoms. The second-order valence-corrected chi connectivity index (χ2v) is 4.76. The van der Waals surface area contributed by atoms with Crippen molar-refractivity contribution < 1.29 is 9.90 Å². The molecule has 0 unspecified atom stereocenters. The molecule has 0 aromatic carbocycles. The first kappa shape index (κ1) is 9.81. The Hall–Kier alpha value is -0.280. The second kappa shape index (κ2) is 4.10. The van der Waals surface area contributed by atoms with Gasteiger partial charge in [0.25, 0.3) is 0 Å². The molecule has 3 heteroatoms. The SMILES string of the molecule is CC(C)SC(=O)C1=CCC[C@@H]1O. The van der Waals surface area contributed by atoms with Crippen molar-refractivity contribution in [2.24, 2.45) is 0 Å². The van der Waals surface area contributed by atoms with Crippen molar-refractivity contribution >= 4 is 16.9 Å². The molecule has 0 amide bonds. The first-order valence-electron chi connectivity index (χ1n) is 4.20. The minimum Gasteiger partial charge on any atom is -0.388 e. The summed E-state index contributed by atoms with van der Waals surface area (Å²) in [6.07, 6.45) is 2.88. The van der Waals surface area contributed by atoms with E-state index in [0.717, 1.165) is 6.42 Å². The van der Waals surface area contributed by atoms with Crippen molar-refractivity contribution in [1.82, 2.24) is 0 Å². The van der Waals surface area contributed by atoms with Gasteiger partial charge in [-0.25, -0.2) is 0 Å². The van der Waals surface area contributed by atoms with Gasteiger partial charge in [0.2, 0.25) is 5.12 Å². The molecule has 1 aliphatic carbocycles. The van der Waals surface area contributed by atoms with E-state index < -0.39 is 6.10 Å². The van der Waals surface area contributed by atoms with Crippen LogP contribution in [-0.2, 0) is 4.79 Å². The fourth-order valence-electron chi connectivity index (χ4n) is 1.19.